The van der Waals surface area contributed by atoms with Crippen LogP contribution in [0.1, 0.15) is 6.92 Å². The second kappa shape index (κ2) is 3.67. The van der Waals surface area contributed by atoms with E-state index in [0.717, 1.165) is 0 Å². The van der Waals surface area contributed by atoms with Crippen molar-refractivity contribution in [1.82, 2.24) is 0 Å². The molecule has 0 aromatic heterocycles. The molecule has 0 atom stereocenters. The quantitative estimate of drug-likeness (QED) is 0.402. The van der Waals surface area contributed by atoms with Crippen LogP contribution in [0.4, 0.5) is 0 Å². The third-order valence-electron chi connectivity index (χ3n) is 0.204. The molecule has 0 aromatic rings. The van der Waals surface area contributed by atoms with Crippen molar-refractivity contribution in [3.8, 4) is 0 Å². The first-order chi connectivity index (χ1) is 1.91. The van der Waals surface area contributed by atoms with Crippen molar-refractivity contribution in [2.45, 2.75) is 6.92 Å². The Hall–Kier alpha value is 0.674. The zero-order chi connectivity index (χ0) is 3.41. The molecule has 0 aliphatic carbocycles. The fraction of sp³-hybridized carbons (Fsp3) is 1.00. The van der Waals surface area contributed by atoms with Crippen LogP contribution in [0.5, 0.6) is 0 Å². The summed E-state index contributed by atoms with van der Waals surface area (Å²) in [6.45, 7) is 3.32. The molecule has 0 fully saturated rings. The topological polar surface area (TPSA) is 16.6 Å². The van der Waals surface area contributed by atoms with Gasteiger partial charge in [0, 0.05) is 0 Å². The van der Waals surface area contributed by atoms with E-state index in [1.165, 1.54) is 6.54 Å². The first-order valence-electron chi connectivity index (χ1n) is 1.40. The summed E-state index contributed by atoms with van der Waals surface area (Å²) in [6, 6.07) is 0. The Labute approximate surface area is 38.5 Å². The van der Waals surface area contributed by atoms with Crippen LogP contribution in [-0.4, -0.2) is 6.54 Å². The Bertz CT molecular complexity index is 8.00. The maximum absolute atomic E-state index is 2.12. The van der Waals surface area contributed by atoms with E-state index in [-0.39, 0.29) is 0 Å². The van der Waals surface area contributed by atoms with Crippen molar-refractivity contribution >= 4 is 0 Å². The molecule has 0 saturated carbocycles. The third-order valence-corrected chi connectivity index (χ3v) is 0.842. The van der Waals surface area contributed by atoms with Crippen LogP contribution in [-0.2, 0) is 20.7 Å². The standard InChI is InChI=1S/C2H7N.Ti/c1-2-3;/h2-3H2,1H3;/q;+1. The molecule has 0 aromatic carbocycles. The molecule has 0 unspecified atom stereocenters. The molecule has 0 heterocycles. The summed E-state index contributed by atoms with van der Waals surface area (Å²) in [5, 5.41) is 0. The number of rotatable bonds is 1. The van der Waals surface area contributed by atoms with Gasteiger partial charge in [-0.2, -0.15) is 0 Å². The van der Waals surface area contributed by atoms with Crippen LogP contribution in [0.15, 0.2) is 0 Å². The minimum atomic E-state index is 1.19. The second-order valence-electron chi connectivity index (χ2n) is 0.612. The summed E-state index contributed by atoms with van der Waals surface area (Å²) in [5.41, 5.74) is 0. The first-order valence-corrected chi connectivity index (χ1v) is 2.31. The van der Waals surface area contributed by atoms with Crippen LogP contribution in [0, 0.1) is 0 Å². The SMILES string of the molecule is CC[NH2+][Ti]. The molecule has 0 aliphatic heterocycles. The van der Waals surface area contributed by atoms with Crippen LogP contribution < -0.4 is 3.80 Å². The van der Waals surface area contributed by atoms with Crippen molar-refractivity contribution in [3.63, 3.8) is 0 Å². The molecule has 23 valence electrons. The Morgan fingerprint density at radius 3 is 2.25 bits per heavy atom. The molecular formula is C2H7NTi+. The average Bonchev–Trinajstić information content (AvgIpc) is 1.37. The van der Waals surface area contributed by atoms with Crippen molar-refractivity contribution in [3.05, 3.63) is 0 Å². The van der Waals surface area contributed by atoms with E-state index < -0.39 is 0 Å². The number of hydrogen-bond donors (Lipinski definition) is 1. The average molecular weight is 93.0 g/mol. The summed E-state index contributed by atoms with van der Waals surface area (Å²) in [4.78, 5) is 0. The molecule has 0 saturated heterocycles. The summed E-state index contributed by atoms with van der Waals surface area (Å²) >= 11 is 2.06. The summed E-state index contributed by atoms with van der Waals surface area (Å²) in [7, 11) is 0. The fourth-order valence-corrected chi connectivity index (χ4v) is 0. The number of hydrogen-bond acceptors (Lipinski definition) is 0. The molecule has 0 bridgehead atoms. The van der Waals surface area contributed by atoms with Gasteiger partial charge in [0.15, 0.2) is 0 Å². The van der Waals surface area contributed by atoms with Gasteiger partial charge in [-0.1, -0.05) is 0 Å². The summed E-state index contributed by atoms with van der Waals surface area (Å²) in [6.07, 6.45) is 0. The third kappa shape index (κ3) is 2.67. The van der Waals surface area contributed by atoms with Crippen molar-refractivity contribution in [2.75, 3.05) is 6.54 Å². The molecule has 0 spiro atoms. The predicted octanol–water partition coefficient (Wildman–Crippen LogP) is -0.968. The number of nitrogens with two attached hydrogens (primary N) is 1. The summed E-state index contributed by atoms with van der Waals surface area (Å²) < 4.78 is 2.12. The van der Waals surface area contributed by atoms with Gasteiger partial charge in [-0.15, -0.1) is 0 Å². The second-order valence-corrected chi connectivity index (χ2v) is 1.25. The molecule has 2 N–H and O–H groups in total. The van der Waals surface area contributed by atoms with Crippen LogP contribution in [0.3, 0.4) is 0 Å². The summed E-state index contributed by atoms with van der Waals surface area (Å²) in [5.74, 6) is 0. The van der Waals surface area contributed by atoms with Gasteiger partial charge in [0.25, 0.3) is 0 Å². The van der Waals surface area contributed by atoms with Gasteiger partial charge >= 0.3 is 38.0 Å². The van der Waals surface area contributed by atoms with E-state index in [0.29, 0.717) is 0 Å². The fourth-order valence-electron chi connectivity index (χ4n) is 0. The molecule has 2 heteroatoms. The van der Waals surface area contributed by atoms with E-state index >= 15 is 0 Å². The van der Waals surface area contributed by atoms with Crippen molar-refractivity contribution < 1.29 is 24.5 Å². The molecule has 1 nitrogen and oxygen atoms in total. The Morgan fingerprint density at radius 1 is 2.00 bits per heavy atom. The van der Waals surface area contributed by atoms with Gasteiger partial charge in [0.1, 0.15) is 0 Å². The first kappa shape index (κ1) is 4.67. The zero-order valence-electron chi connectivity index (χ0n) is 2.78. The molecule has 0 radical (unpaired) electrons. The molecular weight excluding hydrogens is 85.9 g/mol. The van der Waals surface area contributed by atoms with E-state index in [4.69, 9.17) is 0 Å². The van der Waals surface area contributed by atoms with E-state index in [9.17, 15) is 0 Å². The normalized spacial score (nSPS) is 7.00. The Morgan fingerprint density at radius 2 is 2.25 bits per heavy atom. The monoisotopic (exact) mass is 93.0 g/mol. The maximum atomic E-state index is 2.12. The van der Waals surface area contributed by atoms with E-state index in [2.05, 4.69) is 31.4 Å². The van der Waals surface area contributed by atoms with Gasteiger partial charge in [0.2, 0.25) is 0 Å². The van der Waals surface area contributed by atoms with Gasteiger partial charge < -0.3 is 0 Å². The van der Waals surface area contributed by atoms with Crippen molar-refractivity contribution in [1.29, 1.82) is 0 Å². The predicted molar refractivity (Wildman–Crippen MR) is 12.5 cm³/mol. The molecule has 4 heavy (non-hydrogen) atoms. The van der Waals surface area contributed by atoms with E-state index in [1.807, 2.05) is 0 Å². The molecule has 0 aliphatic rings. The Kier molecular flexibility index (Phi) is 4.29. The zero-order valence-corrected chi connectivity index (χ0v) is 4.35. The van der Waals surface area contributed by atoms with Gasteiger partial charge in [0.05, 0.1) is 0 Å². The van der Waals surface area contributed by atoms with Gasteiger partial charge in [-0.05, 0) is 0 Å². The van der Waals surface area contributed by atoms with Crippen LogP contribution in [0.2, 0.25) is 0 Å². The minimum absolute atomic E-state index is 1.19. The van der Waals surface area contributed by atoms with E-state index in [1.54, 1.807) is 0 Å². The van der Waals surface area contributed by atoms with Crippen molar-refractivity contribution in [2.24, 2.45) is 0 Å². The van der Waals surface area contributed by atoms with Gasteiger partial charge in [-0.25, -0.2) is 0 Å². The Balaban J connectivity index is 1.97. The van der Waals surface area contributed by atoms with Crippen LogP contribution in [0.25, 0.3) is 0 Å². The van der Waals surface area contributed by atoms with Crippen LogP contribution >= 0.6 is 0 Å². The molecule has 0 amide bonds. The number of quaternary nitrogens is 1. The van der Waals surface area contributed by atoms with Gasteiger partial charge in [-0.3, -0.25) is 0 Å². The molecule has 0 rings (SSSR count).